The van der Waals surface area contributed by atoms with E-state index in [4.69, 9.17) is 11.5 Å². The molecule has 128 valence electrons. The van der Waals surface area contributed by atoms with Crippen molar-refractivity contribution in [2.75, 3.05) is 6.54 Å². The fourth-order valence-corrected chi connectivity index (χ4v) is 3.53. The number of ketones is 1. The third-order valence-electron chi connectivity index (χ3n) is 4.87. The van der Waals surface area contributed by atoms with Gasteiger partial charge in [0.15, 0.2) is 5.78 Å². The summed E-state index contributed by atoms with van der Waals surface area (Å²) in [5, 5.41) is 3.57. The number of carbonyl (C=O) groups excluding carboxylic acids is 1. The molecule has 4 heteroatoms. The quantitative estimate of drug-likeness (QED) is 0.428. The maximum absolute atomic E-state index is 12.7. The molecule has 0 spiro atoms. The maximum Gasteiger partial charge on any atom is 0.168 e. The third-order valence-corrected chi connectivity index (χ3v) is 4.87. The van der Waals surface area contributed by atoms with Crippen LogP contribution in [0.25, 0.3) is 0 Å². The summed E-state index contributed by atoms with van der Waals surface area (Å²) in [4.78, 5) is 12.7. The lowest BCUT2D eigenvalue weighted by atomic mass is 9.78. The molecule has 1 rings (SSSR count). The summed E-state index contributed by atoms with van der Waals surface area (Å²) in [7, 11) is 0. The van der Waals surface area contributed by atoms with Gasteiger partial charge in [0.2, 0.25) is 0 Å². The number of hydrogen-bond acceptors (Lipinski definition) is 4. The van der Waals surface area contributed by atoms with Crippen molar-refractivity contribution in [2.45, 2.75) is 88.8 Å². The smallest absolute Gasteiger partial charge is 0.168 e. The third kappa shape index (κ3) is 5.49. The topological polar surface area (TPSA) is 81.1 Å². The molecule has 22 heavy (non-hydrogen) atoms. The van der Waals surface area contributed by atoms with Crippen LogP contribution in [0.4, 0.5) is 0 Å². The average Bonchev–Trinajstić information content (AvgIpc) is 2.51. The molecule has 0 heterocycles. The van der Waals surface area contributed by atoms with Gasteiger partial charge in [-0.2, -0.15) is 0 Å². The lowest BCUT2D eigenvalue weighted by molar-refractivity contribution is -0.126. The largest absolute Gasteiger partial charge is 0.330 e. The highest BCUT2D eigenvalue weighted by Crippen LogP contribution is 2.31. The van der Waals surface area contributed by atoms with Crippen LogP contribution in [0.2, 0.25) is 0 Å². The molecule has 0 amide bonds. The first-order valence-electron chi connectivity index (χ1n) is 8.80. The van der Waals surface area contributed by atoms with Crippen LogP contribution < -0.4 is 16.8 Å². The molecular weight excluding hydrogens is 274 g/mol. The monoisotopic (exact) mass is 309 g/mol. The zero-order valence-electron chi connectivity index (χ0n) is 14.5. The Labute approximate surface area is 136 Å². The number of unbranched alkanes of at least 4 members (excludes halogenated alkanes) is 2. The minimum Gasteiger partial charge on any atom is -0.330 e. The van der Waals surface area contributed by atoms with E-state index in [9.17, 15) is 4.79 Å². The molecule has 5 N–H and O–H groups in total. The van der Waals surface area contributed by atoms with E-state index < -0.39 is 11.6 Å². The first kappa shape index (κ1) is 19.3. The highest BCUT2D eigenvalue weighted by atomic mass is 16.1. The van der Waals surface area contributed by atoms with Gasteiger partial charge in [-0.25, -0.2) is 0 Å². The molecule has 1 fully saturated rings. The lowest BCUT2D eigenvalue weighted by Crippen LogP contribution is -2.61. The number of nitrogens with two attached hydrogens (primary N) is 2. The van der Waals surface area contributed by atoms with Crippen molar-refractivity contribution < 1.29 is 4.79 Å². The summed E-state index contributed by atoms with van der Waals surface area (Å²) in [6.07, 6.45) is 11.5. The Morgan fingerprint density at radius 3 is 2.45 bits per heavy atom. The number of Topliss-reactive ketones (excluding diaryl/α,β-unsaturated/α-hetero) is 1. The Hall–Kier alpha value is -0.710. The van der Waals surface area contributed by atoms with Crippen molar-refractivity contribution in [2.24, 2.45) is 11.5 Å². The van der Waals surface area contributed by atoms with Gasteiger partial charge in [-0.3, -0.25) is 10.1 Å². The molecule has 0 aliphatic heterocycles. The molecule has 0 saturated heterocycles. The first-order valence-corrected chi connectivity index (χ1v) is 8.80. The van der Waals surface area contributed by atoms with Gasteiger partial charge in [-0.1, -0.05) is 38.2 Å². The normalized spacial score (nSPS) is 19.6. The molecular formula is C18H35N3O. The summed E-state index contributed by atoms with van der Waals surface area (Å²) in [5.74, 6) is 0.104. The van der Waals surface area contributed by atoms with E-state index in [0.717, 1.165) is 38.5 Å². The van der Waals surface area contributed by atoms with Crippen LogP contribution in [0.5, 0.6) is 0 Å². The van der Waals surface area contributed by atoms with E-state index in [-0.39, 0.29) is 11.3 Å². The van der Waals surface area contributed by atoms with Crippen LogP contribution in [0.15, 0.2) is 12.7 Å². The van der Waals surface area contributed by atoms with Crippen molar-refractivity contribution in [3.05, 3.63) is 12.7 Å². The van der Waals surface area contributed by atoms with Crippen molar-refractivity contribution in [1.82, 2.24) is 5.32 Å². The van der Waals surface area contributed by atoms with Crippen LogP contribution in [0, 0.1) is 0 Å². The molecule has 0 aromatic rings. The van der Waals surface area contributed by atoms with E-state index in [1.165, 1.54) is 19.3 Å². The second kappa shape index (κ2) is 8.80. The van der Waals surface area contributed by atoms with E-state index in [1.54, 1.807) is 0 Å². The van der Waals surface area contributed by atoms with Crippen LogP contribution in [0.1, 0.15) is 71.6 Å². The minimum atomic E-state index is -0.612. The standard InChI is InChI=1S/C18H35N3O/c1-4-18(12-8-6-9-13-18)21-17(2,3)16(22)15(20)11-7-5-10-14-19/h4,15,21H,1,5-14,19-20H2,2-3H3. The number of nitrogens with one attached hydrogen (secondary N) is 1. The highest BCUT2D eigenvalue weighted by molar-refractivity contribution is 5.92. The van der Waals surface area contributed by atoms with E-state index in [1.807, 2.05) is 19.9 Å². The molecule has 1 aliphatic carbocycles. The average molecular weight is 309 g/mol. The van der Waals surface area contributed by atoms with E-state index in [2.05, 4.69) is 11.9 Å². The number of carbonyl (C=O) groups is 1. The number of rotatable bonds is 10. The first-order chi connectivity index (χ1) is 10.4. The van der Waals surface area contributed by atoms with Gasteiger partial charge in [-0.15, -0.1) is 6.58 Å². The van der Waals surface area contributed by atoms with E-state index >= 15 is 0 Å². The fourth-order valence-electron chi connectivity index (χ4n) is 3.53. The van der Waals surface area contributed by atoms with Gasteiger partial charge in [0, 0.05) is 5.54 Å². The molecule has 4 nitrogen and oxygen atoms in total. The second-order valence-electron chi connectivity index (χ2n) is 7.28. The Morgan fingerprint density at radius 1 is 1.27 bits per heavy atom. The van der Waals surface area contributed by atoms with Gasteiger partial charge in [0.05, 0.1) is 11.6 Å². The van der Waals surface area contributed by atoms with Gasteiger partial charge in [0.25, 0.3) is 0 Å². The predicted octanol–water partition coefficient (Wildman–Crippen LogP) is 2.66. The summed E-state index contributed by atoms with van der Waals surface area (Å²) in [5.41, 5.74) is 10.9. The van der Waals surface area contributed by atoms with Gasteiger partial charge < -0.3 is 11.5 Å². The van der Waals surface area contributed by atoms with Crippen molar-refractivity contribution in [1.29, 1.82) is 0 Å². The van der Waals surface area contributed by atoms with Crippen molar-refractivity contribution >= 4 is 5.78 Å². The SMILES string of the molecule is C=CC1(NC(C)(C)C(=O)C(N)CCCCCN)CCCCC1. The zero-order chi connectivity index (χ0) is 16.6. The van der Waals surface area contributed by atoms with Crippen LogP contribution in [0.3, 0.4) is 0 Å². The molecule has 0 aromatic heterocycles. The highest BCUT2D eigenvalue weighted by Gasteiger charge is 2.39. The Balaban J connectivity index is 2.59. The molecule has 0 bridgehead atoms. The van der Waals surface area contributed by atoms with Gasteiger partial charge >= 0.3 is 0 Å². The lowest BCUT2D eigenvalue weighted by Gasteiger charge is -2.42. The molecule has 1 aliphatic rings. The van der Waals surface area contributed by atoms with E-state index in [0.29, 0.717) is 6.54 Å². The zero-order valence-corrected chi connectivity index (χ0v) is 14.5. The summed E-state index contributed by atoms with van der Waals surface area (Å²) < 4.78 is 0. The Bertz CT molecular complexity index is 359. The van der Waals surface area contributed by atoms with Crippen LogP contribution in [-0.4, -0.2) is 29.4 Å². The molecule has 1 saturated carbocycles. The number of hydrogen-bond donors (Lipinski definition) is 3. The van der Waals surface area contributed by atoms with Gasteiger partial charge in [-0.05, 0) is 46.1 Å². The predicted molar refractivity (Wildman–Crippen MR) is 93.7 cm³/mol. The van der Waals surface area contributed by atoms with Gasteiger partial charge in [0.1, 0.15) is 0 Å². The van der Waals surface area contributed by atoms with Crippen LogP contribution >= 0.6 is 0 Å². The molecule has 1 atom stereocenters. The second-order valence-corrected chi connectivity index (χ2v) is 7.28. The maximum atomic E-state index is 12.7. The van der Waals surface area contributed by atoms with Crippen molar-refractivity contribution in [3.8, 4) is 0 Å². The molecule has 1 unspecified atom stereocenters. The Kier molecular flexibility index (Phi) is 7.74. The summed E-state index contributed by atoms with van der Waals surface area (Å²) in [6, 6.07) is -0.397. The summed E-state index contributed by atoms with van der Waals surface area (Å²) in [6.45, 7) is 8.61. The van der Waals surface area contributed by atoms with Crippen LogP contribution in [-0.2, 0) is 4.79 Å². The Morgan fingerprint density at radius 2 is 1.91 bits per heavy atom. The fraction of sp³-hybridized carbons (Fsp3) is 0.833. The minimum absolute atomic E-state index is 0.104. The summed E-state index contributed by atoms with van der Waals surface area (Å²) >= 11 is 0. The molecule has 0 aromatic carbocycles. The molecule has 0 radical (unpaired) electrons. The van der Waals surface area contributed by atoms with Crippen molar-refractivity contribution in [3.63, 3.8) is 0 Å².